The number of rotatable bonds is 5. The number of nitrogens with one attached hydrogen (secondary N) is 1. The summed E-state index contributed by atoms with van der Waals surface area (Å²) in [6.07, 6.45) is 0.720. The van der Waals surface area contributed by atoms with E-state index < -0.39 is 17.7 Å². The van der Waals surface area contributed by atoms with Crippen molar-refractivity contribution in [3.05, 3.63) is 34.9 Å². The Bertz CT molecular complexity index is 570. The molecular weight excluding hydrogens is 272 g/mol. The molecule has 112 valence electrons. The Balaban J connectivity index is 2.32. The second-order valence-corrected chi connectivity index (χ2v) is 4.96. The van der Waals surface area contributed by atoms with Crippen LogP contribution in [0, 0.1) is 0 Å². The predicted octanol–water partition coefficient (Wildman–Crippen LogP) is -1.25. The number of nitrogens with two attached hydrogens (primary N) is 2. The van der Waals surface area contributed by atoms with Gasteiger partial charge in [0.15, 0.2) is 0 Å². The maximum absolute atomic E-state index is 12.6. The third kappa shape index (κ3) is 3.57. The van der Waals surface area contributed by atoms with Gasteiger partial charge in [0.25, 0.3) is 5.91 Å². The highest BCUT2D eigenvalue weighted by Gasteiger charge is 2.24. The molecule has 0 aromatic heterocycles. The van der Waals surface area contributed by atoms with Crippen molar-refractivity contribution in [2.45, 2.75) is 13.0 Å². The fourth-order valence-corrected chi connectivity index (χ4v) is 2.48. The fourth-order valence-electron chi connectivity index (χ4n) is 2.48. The van der Waals surface area contributed by atoms with E-state index in [0.29, 0.717) is 12.1 Å². The lowest BCUT2D eigenvalue weighted by Crippen LogP contribution is -2.43. The van der Waals surface area contributed by atoms with Crippen LogP contribution in [0.2, 0.25) is 0 Å². The van der Waals surface area contributed by atoms with Crippen molar-refractivity contribution in [2.75, 3.05) is 19.6 Å². The number of fused-ring (bicyclic) bond motifs is 1. The molecule has 1 heterocycles. The SMILES string of the molecule is NC(=O)CN(CC(N)=O)C(=O)c1cccc2c1CCNC2. The lowest BCUT2D eigenvalue weighted by Gasteiger charge is -2.24. The number of benzene rings is 1. The molecule has 7 nitrogen and oxygen atoms in total. The molecule has 0 radical (unpaired) electrons. The Morgan fingerprint density at radius 1 is 1.14 bits per heavy atom. The fraction of sp³-hybridized carbons (Fsp3) is 0.357. The van der Waals surface area contributed by atoms with E-state index in [1.54, 1.807) is 12.1 Å². The monoisotopic (exact) mass is 290 g/mol. The highest BCUT2D eigenvalue weighted by atomic mass is 16.2. The van der Waals surface area contributed by atoms with Crippen molar-refractivity contribution in [1.29, 1.82) is 0 Å². The molecule has 0 unspecified atom stereocenters. The van der Waals surface area contributed by atoms with Gasteiger partial charge in [-0.2, -0.15) is 0 Å². The molecule has 0 aliphatic carbocycles. The molecule has 2 rings (SSSR count). The molecule has 1 aliphatic heterocycles. The number of nitrogens with zero attached hydrogens (tertiary/aromatic N) is 1. The molecule has 1 aromatic carbocycles. The lowest BCUT2D eigenvalue weighted by molar-refractivity contribution is -0.121. The van der Waals surface area contributed by atoms with Crippen LogP contribution in [0.4, 0.5) is 0 Å². The van der Waals surface area contributed by atoms with Gasteiger partial charge in [0.05, 0.1) is 0 Å². The van der Waals surface area contributed by atoms with E-state index in [2.05, 4.69) is 5.32 Å². The average Bonchev–Trinajstić information content (AvgIpc) is 2.44. The van der Waals surface area contributed by atoms with Crippen molar-refractivity contribution < 1.29 is 14.4 Å². The number of hydrogen-bond donors (Lipinski definition) is 3. The quantitative estimate of drug-likeness (QED) is 0.627. The van der Waals surface area contributed by atoms with Crippen LogP contribution in [0.5, 0.6) is 0 Å². The Morgan fingerprint density at radius 2 is 1.81 bits per heavy atom. The van der Waals surface area contributed by atoms with Gasteiger partial charge in [-0.15, -0.1) is 0 Å². The van der Waals surface area contributed by atoms with E-state index in [0.717, 1.165) is 29.0 Å². The Labute approximate surface area is 122 Å². The highest BCUT2D eigenvalue weighted by Crippen LogP contribution is 2.20. The second kappa shape index (κ2) is 6.36. The number of primary amides is 2. The summed E-state index contributed by atoms with van der Waals surface area (Å²) in [5.41, 5.74) is 12.7. The normalized spacial score (nSPS) is 13.3. The topological polar surface area (TPSA) is 119 Å². The summed E-state index contributed by atoms with van der Waals surface area (Å²) in [5, 5.41) is 3.23. The zero-order chi connectivity index (χ0) is 15.4. The molecular formula is C14H18N4O3. The Kier molecular flexibility index (Phi) is 4.54. The minimum Gasteiger partial charge on any atom is -0.368 e. The third-order valence-corrected chi connectivity index (χ3v) is 3.35. The van der Waals surface area contributed by atoms with Crippen LogP contribution in [0.25, 0.3) is 0 Å². The van der Waals surface area contributed by atoms with Crippen molar-refractivity contribution >= 4 is 17.7 Å². The van der Waals surface area contributed by atoms with Crippen molar-refractivity contribution in [3.63, 3.8) is 0 Å². The van der Waals surface area contributed by atoms with Gasteiger partial charge < -0.3 is 21.7 Å². The molecule has 0 saturated carbocycles. The van der Waals surface area contributed by atoms with Gasteiger partial charge in [-0.05, 0) is 30.2 Å². The number of carbonyl (C=O) groups is 3. The zero-order valence-electron chi connectivity index (χ0n) is 11.6. The van der Waals surface area contributed by atoms with Gasteiger partial charge in [0.1, 0.15) is 13.1 Å². The van der Waals surface area contributed by atoms with Gasteiger partial charge >= 0.3 is 0 Å². The summed E-state index contributed by atoms with van der Waals surface area (Å²) in [6, 6.07) is 5.43. The molecule has 0 atom stereocenters. The van der Waals surface area contributed by atoms with Crippen LogP contribution < -0.4 is 16.8 Å². The molecule has 5 N–H and O–H groups in total. The second-order valence-electron chi connectivity index (χ2n) is 4.96. The smallest absolute Gasteiger partial charge is 0.255 e. The lowest BCUT2D eigenvalue weighted by atomic mass is 9.94. The number of carbonyl (C=O) groups excluding carboxylic acids is 3. The van der Waals surface area contributed by atoms with E-state index in [-0.39, 0.29) is 13.1 Å². The summed E-state index contributed by atoms with van der Waals surface area (Å²) >= 11 is 0. The van der Waals surface area contributed by atoms with Crippen molar-refractivity contribution in [3.8, 4) is 0 Å². The summed E-state index contributed by atoms with van der Waals surface area (Å²) in [6.45, 7) is 0.818. The van der Waals surface area contributed by atoms with Crippen LogP contribution in [0.15, 0.2) is 18.2 Å². The van der Waals surface area contributed by atoms with Crippen molar-refractivity contribution in [2.24, 2.45) is 11.5 Å². The maximum Gasteiger partial charge on any atom is 0.255 e. The minimum atomic E-state index is -0.684. The number of hydrogen-bond acceptors (Lipinski definition) is 4. The van der Waals surface area contributed by atoms with Crippen LogP contribution >= 0.6 is 0 Å². The molecule has 0 spiro atoms. The van der Waals surface area contributed by atoms with Crippen LogP contribution in [-0.4, -0.2) is 42.3 Å². The first-order valence-electron chi connectivity index (χ1n) is 6.66. The summed E-state index contributed by atoms with van der Waals surface area (Å²) in [4.78, 5) is 35.8. The Morgan fingerprint density at radius 3 is 2.43 bits per heavy atom. The van der Waals surface area contributed by atoms with Crippen LogP contribution in [0.3, 0.4) is 0 Å². The van der Waals surface area contributed by atoms with Crippen LogP contribution in [-0.2, 0) is 22.6 Å². The minimum absolute atomic E-state index is 0.330. The molecule has 0 saturated heterocycles. The summed E-state index contributed by atoms with van der Waals surface area (Å²) in [5.74, 6) is -1.77. The molecule has 0 fully saturated rings. The number of amides is 3. The van der Waals surface area contributed by atoms with Gasteiger partial charge in [-0.25, -0.2) is 0 Å². The first-order valence-corrected chi connectivity index (χ1v) is 6.66. The Hall–Kier alpha value is -2.41. The van der Waals surface area contributed by atoms with E-state index in [9.17, 15) is 14.4 Å². The molecule has 0 bridgehead atoms. The molecule has 1 aromatic rings. The maximum atomic E-state index is 12.6. The van der Waals surface area contributed by atoms with E-state index in [4.69, 9.17) is 11.5 Å². The molecule has 21 heavy (non-hydrogen) atoms. The average molecular weight is 290 g/mol. The zero-order valence-corrected chi connectivity index (χ0v) is 11.6. The van der Waals surface area contributed by atoms with E-state index in [1.165, 1.54) is 0 Å². The van der Waals surface area contributed by atoms with Gasteiger partial charge in [0.2, 0.25) is 11.8 Å². The molecule has 7 heteroatoms. The summed E-state index contributed by atoms with van der Waals surface area (Å²) in [7, 11) is 0. The predicted molar refractivity (Wildman–Crippen MR) is 76.1 cm³/mol. The largest absolute Gasteiger partial charge is 0.368 e. The van der Waals surface area contributed by atoms with Gasteiger partial charge in [0, 0.05) is 12.1 Å². The van der Waals surface area contributed by atoms with Crippen LogP contribution in [0.1, 0.15) is 21.5 Å². The molecule has 3 amide bonds. The van der Waals surface area contributed by atoms with Gasteiger partial charge in [-0.3, -0.25) is 14.4 Å². The summed E-state index contributed by atoms with van der Waals surface area (Å²) < 4.78 is 0. The van der Waals surface area contributed by atoms with Crippen molar-refractivity contribution in [1.82, 2.24) is 10.2 Å². The molecule has 1 aliphatic rings. The highest BCUT2D eigenvalue weighted by molar-refractivity contribution is 5.99. The van der Waals surface area contributed by atoms with E-state index >= 15 is 0 Å². The van der Waals surface area contributed by atoms with Gasteiger partial charge in [-0.1, -0.05) is 12.1 Å². The third-order valence-electron chi connectivity index (χ3n) is 3.35. The first-order chi connectivity index (χ1) is 9.99. The first kappa shape index (κ1) is 15.0. The standard InChI is InChI=1S/C14H18N4O3/c15-12(19)7-18(8-13(16)20)14(21)11-3-1-2-9-6-17-5-4-10(9)11/h1-3,17H,4-8H2,(H2,15,19)(H2,16,20). The van der Waals surface area contributed by atoms with E-state index in [1.807, 2.05) is 6.07 Å².